The average molecular weight is 200 g/mol. The minimum Gasteiger partial charge on any atom is -0.355 e. The van der Waals surface area contributed by atoms with Crippen molar-refractivity contribution in [1.29, 1.82) is 0 Å². The van der Waals surface area contributed by atoms with Gasteiger partial charge in [-0.05, 0) is 5.92 Å². The Morgan fingerprint density at radius 1 is 1.29 bits per heavy atom. The van der Waals surface area contributed by atoms with Crippen LogP contribution in [0, 0.1) is 5.92 Å². The van der Waals surface area contributed by atoms with Crippen molar-refractivity contribution in [2.24, 2.45) is 5.92 Å². The Kier molecular flexibility index (Phi) is 5.92. The summed E-state index contributed by atoms with van der Waals surface area (Å²) in [5, 5.41) is 2.67. The third-order valence-corrected chi connectivity index (χ3v) is 1.79. The minimum atomic E-state index is -0.0574. The van der Waals surface area contributed by atoms with E-state index in [1.54, 1.807) is 11.8 Å². The smallest absolute Gasteiger partial charge is 0.219 e. The fourth-order valence-corrected chi connectivity index (χ4v) is 1.18. The van der Waals surface area contributed by atoms with Crippen molar-refractivity contribution in [2.45, 2.75) is 27.7 Å². The molecule has 14 heavy (non-hydrogen) atoms. The quantitative estimate of drug-likeness (QED) is 0.707. The van der Waals surface area contributed by atoms with Gasteiger partial charge >= 0.3 is 0 Å². The third kappa shape index (κ3) is 6.46. The molecule has 0 saturated carbocycles. The van der Waals surface area contributed by atoms with E-state index in [4.69, 9.17) is 0 Å². The topological polar surface area (TPSA) is 49.4 Å². The molecule has 0 unspecified atom stereocenters. The van der Waals surface area contributed by atoms with Crippen molar-refractivity contribution in [3.63, 3.8) is 0 Å². The van der Waals surface area contributed by atoms with Gasteiger partial charge in [-0.15, -0.1) is 0 Å². The van der Waals surface area contributed by atoms with Crippen LogP contribution < -0.4 is 5.32 Å². The minimum absolute atomic E-state index is 0.0574. The first-order valence-corrected chi connectivity index (χ1v) is 4.93. The van der Waals surface area contributed by atoms with Crippen LogP contribution in [0.5, 0.6) is 0 Å². The summed E-state index contributed by atoms with van der Waals surface area (Å²) in [5.41, 5.74) is 0. The molecule has 0 bridgehead atoms. The van der Waals surface area contributed by atoms with Crippen LogP contribution in [0.4, 0.5) is 0 Å². The van der Waals surface area contributed by atoms with E-state index in [1.165, 1.54) is 6.92 Å². The highest BCUT2D eigenvalue weighted by molar-refractivity contribution is 5.74. The van der Waals surface area contributed by atoms with Crippen LogP contribution in [0.3, 0.4) is 0 Å². The average Bonchev–Trinajstić information content (AvgIpc) is 2.00. The van der Waals surface area contributed by atoms with Crippen LogP contribution >= 0.6 is 0 Å². The molecule has 0 aromatic rings. The lowest BCUT2D eigenvalue weighted by Crippen LogP contribution is -2.38. The van der Waals surface area contributed by atoms with E-state index in [2.05, 4.69) is 19.2 Å². The number of hydrogen-bond donors (Lipinski definition) is 1. The molecule has 0 aliphatic carbocycles. The van der Waals surface area contributed by atoms with Gasteiger partial charge in [-0.25, -0.2) is 0 Å². The first-order valence-electron chi connectivity index (χ1n) is 4.93. The number of hydrogen-bond acceptors (Lipinski definition) is 2. The Hall–Kier alpha value is -1.06. The van der Waals surface area contributed by atoms with Gasteiger partial charge in [0.2, 0.25) is 11.8 Å². The van der Waals surface area contributed by atoms with Gasteiger partial charge in [0, 0.05) is 33.5 Å². The molecular weight excluding hydrogens is 180 g/mol. The standard InChI is InChI=1S/C10H20N2O2/c1-8(2)7-12(10(4)14)6-5-11-9(3)13/h8H,5-7H2,1-4H3,(H,11,13). The van der Waals surface area contributed by atoms with Crippen LogP contribution in [-0.2, 0) is 9.59 Å². The molecule has 82 valence electrons. The normalized spacial score (nSPS) is 10.1. The second-order valence-corrected chi connectivity index (χ2v) is 3.84. The van der Waals surface area contributed by atoms with Crippen molar-refractivity contribution < 1.29 is 9.59 Å². The van der Waals surface area contributed by atoms with Gasteiger partial charge in [-0.2, -0.15) is 0 Å². The molecule has 0 radical (unpaired) electrons. The highest BCUT2D eigenvalue weighted by Crippen LogP contribution is 1.98. The lowest BCUT2D eigenvalue weighted by Gasteiger charge is -2.22. The van der Waals surface area contributed by atoms with Crippen molar-refractivity contribution >= 4 is 11.8 Å². The van der Waals surface area contributed by atoms with Gasteiger partial charge in [0.1, 0.15) is 0 Å². The molecule has 0 aliphatic heterocycles. The number of nitrogens with one attached hydrogen (secondary N) is 1. The largest absolute Gasteiger partial charge is 0.355 e. The third-order valence-electron chi connectivity index (χ3n) is 1.79. The fourth-order valence-electron chi connectivity index (χ4n) is 1.18. The zero-order valence-electron chi connectivity index (χ0n) is 9.46. The Labute approximate surface area is 85.7 Å². The van der Waals surface area contributed by atoms with Gasteiger partial charge in [0.05, 0.1) is 0 Å². The van der Waals surface area contributed by atoms with E-state index < -0.39 is 0 Å². The van der Waals surface area contributed by atoms with Crippen LogP contribution in [0.25, 0.3) is 0 Å². The van der Waals surface area contributed by atoms with Gasteiger partial charge in [0.15, 0.2) is 0 Å². The molecule has 0 atom stereocenters. The van der Waals surface area contributed by atoms with Crippen molar-refractivity contribution in [1.82, 2.24) is 10.2 Å². The first-order chi connectivity index (χ1) is 6.43. The van der Waals surface area contributed by atoms with Crippen molar-refractivity contribution in [2.75, 3.05) is 19.6 Å². The van der Waals surface area contributed by atoms with Gasteiger partial charge in [-0.1, -0.05) is 13.8 Å². The van der Waals surface area contributed by atoms with Gasteiger partial charge < -0.3 is 10.2 Å². The first kappa shape index (κ1) is 12.9. The SMILES string of the molecule is CC(=O)NCCN(CC(C)C)C(C)=O. The molecule has 0 aromatic heterocycles. The molecule has 0 heterocycles. The summed E-state index contributed by atoms with van der Waals surface area (Å²) in [7, 11) is 0. The molecule has 0 aromatic carbocycles. The zero-order chi connectivity index (χ0) is 11.1. The number of nitrogens with zero attached hydrogens (tertiary/aromatic N) is 1. The molecule has 0 rings (SSSR count). The number of carbonyl (C=O) groups excluding carboxylic acids is 2. The van der Waals surface area contributed by atoms with E-state index in [-0.39, 0.29) is 11.8 Å². The Balaban J connectivity index is 3.85. The fraction of sp³-hybridized carbons (Fsp3) is 0.800. The van der Waals surface area contributed by atoms with Crippen molar-refractivity contribution in [3.8, 4) is 0 Å². The maximum atomic E-state index is 11.2. The van der Waals surface area contributed by atoms with E-state index >= 15 is 0 Å². The highest BCUT2D eigenvalue weighted by atomic mass is 16.2. The zero-order valence-corrected chi connectivity index (χ0v) is 9.46. The van der Waals surface area contributed by atoms with Gasteiger partial charge in [0.25, 0.3) is 0 Å². The highest BCUT2D eigenvalue weighted by Gasteiger charge is 2.09. The molecule has 0 saturated heterocycles. The molecule has 4 heteroatoms. The summed E-state index contributed by atoms with van der Waals surface area (Å²) < 4.78 is 0. The molecule has 0 fully saturated rings. The summed E-state index contributed by atoms with van der Waals surface area (Å²) in [6.07, 6.45) is 0. The molecule has 0 spiro atoms. The Bertz CT molecular complexity index is 202. The molecule has 2 amide bonds. The number of carbonyl (C=O) groups is 2. The number of amides is 2. The Morgan fingerprint density at radius 2 is 1.86 bits per heavy atom. The lowest BCUT2D eigenvalue weighted by molar-refractivity contribution is -0.129. The van der Waals surface area contributed by atoms with Crippen LogP contribution in [0.2, 0.25) is 0 Å². The maximum absolute atomic E-state index is 11.2. The predicted octanol–water partition coefficient (Wildman–Crippen LogP) is 0.627. The maximum Gasteiger partial charge on any atom is 0.219 e. The summed E-state index contributed by atoms with van der Waals surface area (Å²) in [6, 6.07) is 0. The summed E-state index contributed by atoms with van der Waals surface area (Å²) in [5.74, 6) is 0.457. The molecule has 1 N–H and O–H groups in total. The molecule has 0 aliphatic rings. The predicted molar refractivity (Wildman–Crippen MR) is 55.8 cm³/mol. The van der Waals surface area contributed by atoms with Crippen LogP contribution in [0.1, 0.15) is 27.7 Å². The molecule has 4 nitrogen and oxygen atoms in total. The summed E-state index contributed by atoms with van der Waals surface area (Å²) in [4.78, 5) is 23.5. The van der Waals surface area contributed by atoms with Crippen LogP contribution in [0.15, 0.2) is 0 Å². The monoisotopic (exact) mass is 200 g/mol. The van der Waals surface area contributed by atoms with E-state index in [9.17, 15) is 9.59 Å². The summed E-state index contributed by atoms with van der Waals surface area (Å²) >= 11 is 0. The second kappa shape index (κ2) is 6.40. The lowest BCUT2D eigenvalue weighted by atomic mass is 10.2. The van der Waals surface area contributed by atoms with E-state index in [0.29, 0.717) is 19.0 Å². The van der Waals surface area contributed by atoms with Crippen LogP contribution in [-0.4, -0.2) is 36.3 Å². The number of rotatable bonds is 5. The van der Waals surface area contributed by atoms with E-state index in [1.807, 2.05) is 0 Å². The van der Waals surface area contributed by atoms with E-state index in [0.717, 1.165) is 6.54 Å². The summed E-state index contributed by atoms with van der Waals surface area (Å²) in [6.45, 7) is 9.02. The second-order valence-electron chi connectivity index (χ2n) is 3.84. The molecular formula is C10H20N2O2. The Morgan fingerprint density at radius 3 is 2.21 bits per heavy atom. The van der Waals surface area contributed by atoms with Crippen molar-refractivity contribution in [3.05, 3.63) is 0 Å². The van der Waals surface area contributed by atoms with Gasteiger partial charge in [-0.3, -0.25) is 9.59 Å².